The van der Waals surface area contributed by atoms with Crippen LogP contribution in [0.1, 0.15) is 45.2 Å². The Bertz CT molecular complexity index is 654. The molecule has 1 aromatic rings. The predicted octanol–water partition coefficient (Wildman–Crippen LogP) is 1.98. The van der Waals surface area contributed by atoms with E-state index < -0.39 is 29.6 Å². The normalized spacial score (nSPS) is 18.7. The average molecular weight is 361 g/mol. The molecule has 3 amide bonds. The maximum Gasteiger partial charge on any atom is 0.410 e. The smallest absolute Gasteiger partial charge is 0.410 e. The lowest BCUT2D eigenvalue weighted by Gasteiger charge is -2.34. The van der Waals surface area contributed by atoms with Gasteiger partial charge < -0.3 is 20.7 Å². The fourth-order valence-electron chi connectivity index (χ4n) is 2.91. The standard InChI is InChI=1S/C19H27N3O4/c1-19(2,3)26-18(25)22-11-7-10-14(12-22)17(24)21-15(16(20)23)13-8-5-4-6-9-13/h4-6,8-9,14-15H,7,10-12H2,1-3H3,(H2,20,23)(H,21,24)/t14-,15-/m1/s1. The molecule has 1 fully saturated rings. The zero-order valence-corrected chi connectivity index (χ0v) is 15.5. The number of piperidine rings is 1. The van der Waals surface area contributed by atoms with E-state index in [1.54, 1.807) is 49.9 Å². The van der Waals surface area contributed by atoms with Crippen LogP contribution < -0.4 is 11.1 Å². The Morgan fingerprint density at radius 2 is 1.88 bits per heavy atom. The quantitative estimate of drug-likeness (QED) is 0.856. The van der Waals surface area contributed by atoms with Gasteiger partial charge in [-0.25, -0.2) is 4.79 Å². The molecule has 3 N–H and O–H groups in total. The van der Waals surface area contributed by atoms with Crippen molar-refractivity contribution < 1.29 is 19.1 Å². The summed E-state index contributed by atoms with van der Waals surface area (Å²) in [6.45, 7) is 6.22. The lowest BCUT2D eigenvalue weighted by atomic mass is 9.96. The van der Waals surface area contributed by atoms with Gasteiger partial charge in [0.1, 0.15) is 11.6 Å². The van der Waals surface area contributed by atoms with E-state index in [2.05, 4.69) is 5.32 Å². The topological polar surface area (TPSA) is 102 Å². The van der Waals surface area contributed by atoms with Gasteiger partial charge in [0.15, 0.2) is 0 Å². The first-order valence-electron chi connectivity index (χ1n) is 8.80. The zero-order chi connectivity index (χ0) is 19.3. The molecule has 1 aromatic carbocycles. The summed E-state index contributed by atoms with van der Waals surface area (Å²) in [6.07, 6.45) is 0.916. The number of rotatable bonds is 4. The fraction of sp³-hybridized carbons (Fsp3) is 0.526. The molecule has 2 rings (SSSR count). The van der Waals surface area contributed by atoms with E-state index in [0.29, 0.717) is 24.9 Å². The summed E-state index contributed by atoms with van der Waals surface area (Å²) in [4.78, 5) is 38.2. The summed E-state index contributed by atoms with van der Waals surface area (Å²) in [6, 6.07) is 7.97. The van der Waals surface area contributed by atoms with Gasteiger partial charge in [0.25, 0.3) is 0 Å². The zero-order valence-electron chi connectivity index (χ0n) is 15.5. The van der Waals surface area contributed by atoms with Crippen LogP contribution in [-0.2, 0) is 14.3 Å². The highest BCUT2D eigenvalue weighted by Crippen LogP contribution is 2.21. The van der Waals surface area contributed by atoms with Gasteiger partial charge in [-0.05, 0) is 39.2 Å². The van der Waals surface area contributed by atoms with Crippen LogP contribution in [0.5, 0.6) is 0 Å². The Morgan fingerprint density at radius 1 is 1.23 bits per heavy atom. The van der Waals surface area contributed by atoms with Crippen molar-refractivity contribution >= 4 is 17.9 Å². The van der Waals surface area contributed by atoms with Crippen molar-refractivity contribution in [3.05, 3.63) is 35.9 Å². The highest BCUT2D eigenvalue weighted by molar-refractivity contribution is 5.88. The minimum absolute atomic E-state index is 0.265. The molecular weight excluding hydrogens is 334 g/mol. The Balaban J connectivity index is 2.02. The minimum atomic E-state index is -0.888. The second-order valence-electron chi connectivity index (χ2n) is 7.52. The molecule has 0 spiro atoms. The second-order valence-corrected chi connectivity index (χ2v) is 7.52. The van der Waals surface area contributed by atoms with Gasteiger partial charge in [-0.15, -0.1) is 0 Å². The number of benzene rings is 1. The van der Waals surface area contributed by atoms with E-state index in [-0.39, 0.29) is 12.5 Å². The van der Waals surface area contributed by atoms with Crippen molar-refractivity contribution in [2.75, 3.05) is 13.1 Å². The predicted molar refractivity (Wildman–Crippen MR) is 97.1 cm³/mol. The van der Waals surface area contributed by atoms with Gasteiger partial charge in [-0.3, -0.25) is 9.59 Å². The molecule has 142 valence electrons. The van der Waals surface area contributed by atoms with E-state index in [1.807, 2.05) is 6.07 Å². The molecule has 0 aliphatic carbocycles. The van der Waals surface area contributed by atoms with Crippen molar-refractivity contribution in [1.82, 2.24) is 10.2 Å². The molecule has 0 bridgehead atoms. The number of carbonyl (C=O) groups excluding carboxylic acids is 3. The molecule has 0 radical (unpaired) electrons. The van der Waals surface area contributed by atoms with Crippen molar-refractivity contribution in [1.29, 1.82) is 0 Å². The molecule has 2 atom stereocenters. The number of nitrogens with two attached hydrogens (primary N) is 1. The summed E-state index contributed by atoms with van der Waals surface area (Å²) in [5.74, 6) is -1.31. The van der Waals surface area contributed by atoms with Gasteiger partial charge in [0.05, 0.1) is 5.92 Å². The third-order valence-corrected chi connectivity index (χ3v) is 4.15. The van der Waals surface area contributed by atoms with Crippen molar-refractivity contribution in [3.63, 3.8) is 0 Å². The summed E-state index contributed by atoms with van der Waals surface area (Å²) in [5, 5.41) is 2.72. The number of nitrogens with one attached hydrogen (secondary N) is 1. The molecule has 7 heteroatoms. The Morgan fingerprint density at radius 3 is 2.46 bits per heavy atom. The maximum atomic E-state index is 12.6. The van der Waals surface area contributed by atoms with Crippen LogP contribution >= 0.6 is 0 Å². The Kier molecular flexibility index (Phi) is 6.23. The molecule has 1 saturated heterocycles. The number of hydrogen-bond donors (Lipinski definition) is 2. The number of primary amides is 1. The number of carbonyl (C=O) groups is 3. The van der Waals surface area contributed by atoms with E-state index in [0.717, 1.165) is 0 Å². The number of nitrogens with zero attached hydrogens (tertiary/aromatic N) is 1. The minimum Gasteiger partial charge on any atom is -0.444 e. The lowest BCUT2D eigenvalue weighted by Crippen LogP contribution is -2.48. The van der Waals surface area contributed by atoms with E-state index in [4.69, 9.17) is 10.5 Å². The van der Waals surface area contributed by atoms with E-state index >= 15 is 0 Å². The van der Waals surface area contributed by atoms with Crippen LogP contribution in [0, 0.1) is 5.92 Å². The van der Waals surface area contributed by atoms with Crippen molar-refractivity contribution in [2.45, 2.75) is 45.3 Å². The first-order chi connectivity index (χ1) is 12.2. The third kappa shape index (κ3) is 5.47. The van der Waals surface area contributed by atoms with Crippen LogP contribution in [0.2, 0.25) is 0 Å². The number of ether oxygens (including phenoxy) is 1. The van der Waals surface area contributed by atoms with Gasteiger partial charge in [-0.2, -0.15) is 0 Å². The van der Waals surface area contributed by atoms with Gasteiger partial charge in [0.2, 0.25) is 11.8 Å². The molecule has 0 unspecified atom stereocenters. The van der Waals surface area contributed by atoms with Crippen molar-refractivity contribution in [3.8, 4) is 0 Å². The summed E-state index contributed by atoms with van der Waals surface area (Å²) in [7, 11) is 0. The highest BCUT2D eigenvalue weighted by atomic mass is 16.6. The molecule has 1 aliphatic heterocycles. The SMILES string of the molecule is CC(C)(C)OC(=O)N1CCC[C@@H](C(=O)N[C@@H](C(N)=O)c2ccccc2)C1. The summed E-state index contributed by atoms with van der Waals surface area (Å²) in [5.41, 5.74) is 5.50. The van der Waals surface area contributed by atoms with Crippen LogP contribution in [0.25, 0.3) is 0 Å². The summed E-state index contributed by atoms with van der Waals surface area (Å²) < 4.78 is 5.38. The van der Waals surface area contributed by atoms with Gasteiger partial charge in [0, 0.05) is 13.1 Å². The third-order valence-electron chi connectivity index (χ3n) is 4.15. The van der Waals surface area contributed by atoms with E-state index in [9.17, 15) is 14.4 Å². The molecule has 1 heterocycles. The Hall–Kier alpha value is -2.57. The van der Waals surface area contributed by atoms with E-state index in [1.165, 1.54) is 0 Å². The molecular formula is C19H27N3O4. The number of amides is 3. The average Bonchev–Trinajstić information content (AvgIpc) is 2.58. The van der Waals surface area contributed by atoms with Crippen LogP contribution in [0.4, 0.5) is 4.79 Å². The number of likely N-dealkylation sites (tertiary alicyclic amines) is 1. The highest BCUT2D eigenvalue weighted by Gasteiger charge is 2.32. The van der Waals surface area contributed by atoms with Gasteiger partial charge >= 0.3 is 6.09 Å². The molecule has 7 nitrogen and oxygen atoms in total. The molecule has 0 saturated carbocycles. The maximum absolute atomic E-state index is 12.6. The molecule has 1 aliphatic rings. The second kappa shape index (κ2) is 8.21. The van der Waals surface area contributed by atoms with Crippen LogP contribution in [0.15, 0.2) is 30.3 Å². The van der Waals surface area contributed by atoms with Gasteiger partial charge in [-0.1, -0.05) is 30.3 Å². The Labute approximate surface area is 153 Å². The molecule has 26 heavy (non-hydrogen) atoms. The van der Waals surface area contributed by atoms with Crippen molar-refractivity contribution in [2.24, 2.45) is 11.7 Å². The summed E-state index contributed by atoms with van der Waals surface area (Å²) >= 11 is 0. The van der Waals surface area contributed by atoms with Crippen LogP contribution in [0.3, 0.4) is 0 Å². The first kappa shape index (κ1) is 19.8. The lowest BCUT2D eigenvalue weighted by molar-refractivity contribution is -0.131. The monoisotopic (exact) mass is 361 g/mol. The number of hydrogen-bond acceptors (Lipinski definition) is 4. The first-order valence-corrected chi connectivity index (χ1v) is 8.80. The molecule has 0 aromatic heterocycles. The van der Waals surface area contributed by atoms with Crippen LogP contribution in [-0.4, -0.2) is 41.5 Å². The largest absolute Gasteiger partial charge is 0.444 e. The fourth-order valence-corrected chi connectivity index (χ4v) is 2.91.